The van der Waals surface area contributed by atoms with E-state index in [0.29, 0.717) is 0 Å². The van der Waals surface area contributed by atoms with Gasteiger partial charge >= 0.3 is 13.0 Å². The molecule has 0 saturated heterocycles. The summed E-state index contributed by atoms with van der Waals surface area (Å²) in [6, 6.07) is 2.94. The Morgan fingerprint density at radius 1 is 1.25 bits per heavy atom. The van der Waals surface area contributed by atoms with Crippen LogP contribution >= 0.6 is 11.6 Å². The van der Waals surface area contributed by atoms with Crippen LogP contribution in [-0.4, -0.2) is 18.8 Å². The third-order valence-corrected chi connectivity index (χ3v) is 1.86. The molecular formula is C9H5ClF4O2. The minimum absolute atomic E-state index is 0.0226. The Kier molecular flexibility index (Phi) is 4.12. The van der Waals surface area contributed by atoms with E-state index in [4.69, 9.17) is 11.6 Å². The quantitative estimate of drug-likeness (QED) is 0.610. The average molecular weight is 257 g/mol. The maximum Gasteiger partial charge on any atom is 0.387 e. The van der Waals surface area contributed by atoms with Crippen LogP contribution in [0.5, 0.6) is 5.75 Å². The predicted octanol–water partition coefficient (Wildman–Crippen LogP) is 3.39. The van der Waals surface area contributed by atoms with Gasteiger partial charge in [0, 0.05) is 5.02 Å². The fraction of sp³-hybridized carbons (Fsp3) is 0.222. The Bertz CT molecular complexity index is 395. The highest BCUT2D eigenvalue weighted by Gasteiger charge is 2.23. The van der Waals surface area contributed by atoms with Crippen molar-refractivity contribution in [3.05, 3.63) is 28.8 Å². The second-order valence-corrected chi connectivity index (χ2v) is 3.12. The Labute approximate surface area is 92.8 Å². The van der Waals surface area contributed by atoms with Crippen molar-refractivity contribution in [2.45, 2.75) is 13.0 Å². The maximum absolute atomic E-state index is 12.1. The largest absolute Gasteiger partial charge is 0.434 e. The maximum atomic E-state index is 12.1. The third-order valence-electron chi connectivity index (χ3n) is 1.62. The minimum Gasteiger partial charge on any atom is -0.434 e. The molecule has 0 bridgehead atoms. The number of carbonyl (C=O) groups excluding carboxylic acids is 1. The van der Waals surface area contributed by atoms with Crippen molar-refractivity contribution in [3.8, 4) is 5.75 Å². The minimum atomic E-state index is -3.31. The van der Waals surface area contributed by atoms with Gasteiger partial charge in [-0.25, -0.2) is 8.78 Å². The molecule has 0 heterocycles. The first kappa shape index (κ1) is 12.8. The highest BCUT2D eigenvalue weighted by atomic mass is 35.5. The van der Waals surface area contributed by atoms with E-state index in [1.807, 2.05) is 0 Å². The summed E-state index contributed by atoms with van der Waals surface area (Å²) in [5.41, 5.74) is -0.664. The number of ether oxygens (including phenoxy) is 1. The molecule has 0 aromatic heterocycles. The van der Waals surface area contributed by atoms with Crippen molar-refractivity contribution in [1.82, 2.24) is 0 Å². The van der Waals surface area contributed by atoms with Crippen LogP contribution in [0.3, 0.4) is 0 Å². The molecule has 0 N–H and O–H groups in total. The first-order chi connectivity index (χ1) is 7.41. The van der Waals surface area contributed by atoms with Crippen molar-refractivity contribution in [3.63, 3.8) is 0 Å². The molecule has 2 nitrogen and oxygen atoms in total. The molecule has 16 heavy (non-hydrogen) atoms. The first-order valence-electron chi connectivity index (χ1n) is 3.98. The molecule has 1 rings (SSSR count). The van der Waals surface area contributed by atoms with E-state index in [1.165, 1.54) is 0 Å². The summed E-state index contributed by atoms with van der Waals surface area (Å²) < 4.78 is 52.0. The summed E-state index contributed by atoms with van der Waals surface area (Å²) in [6.07, 6.45) is -3.31. The zero-order valence-corrected chi connectivity index (χ0v) is 8.35. The standard InChI is InChI=1S/C9H5ClF4O2/c10-4-1-2-6(16-9(13)14)5(3-4)7(15)8(11)12/h1-3,8-9H. The van der Waals surface area contributed by atoms with Gasteiger partial charge in [0.25, 0.3) is 0 Å². The van der Waals surface area contributed by atoms with Gasteiger partial charge in [0.2, 0.25) is 5.78 Å². The zero-order valence-electron chi connectivity index (χ0n) is 7.59. The van der Waals surface area contributed by atoms with Gasteiger partial charge in [0.1, 0.15) is 5.75 Å². The SMILES string of the molecule is O=C(c1cc(Cl)ccc1OC(F)F)C(F)F. The van der Waals surface area contributed by atoms with Crippen LogP contribution in [-0.2, 0) is 0 Å². The van der Waals surface area contributed by atoms with E-state index >= 15 is 0 Å². The number of rotatable bonds is 4. The predicted molar refractivity (Wildman–Crippen MR) is 48.4 cm³/mol. The molecule has 1 aromatic carbocycles. The van der Waals surface area contributed by atoms with E-state index in [2.05, 4.69) is 4.74 Å². The molecule has 0 aliphatic heterocycles. The molecular weight excluding hydrogens is 252 g/mol. The number of ketones is 1. The molecule has 0 saturated carbocycles. The molecule has 0 unspecified atom stereocenters. The van der Waals surface area contributed by atoms with Gasteiger partial charge in [0.15, 0.2) is 0 Å². The van der Waals surface area contributed by atoms with Gasteiger partial charge in [-0.15, -0.1) is 0 Å². The zero-order chi connectivity index (χ0) is 12.3. The van der Waals surface area contributed by atoms with Crippen LogP contribution in [0, 0.1) is 0 Å². The lowest BCUT2D eigenvalue weighted by atomic mass is 10.1. The van der Waals surface area contributed by atoms with Crippen LogP contribution in [0.4, 0.5) is 17.6 Å². The van der Waals surface area contributed by atoms with Crippen LogP contribution in [0.1, 0.15) is 10.4 Å². The molecule has 0 fully saturated rings. The number of halogens is 5. The number of hydrogen-bond donors (Lipinski definition) is 0. The molecule has 88 valence electrons. The average Bonchev–Trinajstić information content (AvgIpc) is 2.18. The third kappa shape index (κ3) is 3.10. The summed E-state index contributed by atoms with van der Waals surface area (Å²) in [6.45, 7) is -3.20. The van der Waals surface area contributed by atoms with Crippen LogP contribution < -0.4 is 4.74 Å². The Hall–Kier alpha value is -1.30. The lowest BCUT2D eigenvalue weighted by molar-refractivity contribution is -0.0503. The number of alkyl halides is 4. The second kappa shape index (κ2) is 5.16. The van der Waals surface area contributed by atoms with Gasteiger partial charge in [-0.2, -0.15) is 8.78 Å². The monoisotopic (exact) mass is 256 g/mol. The van der Waals surface area contributed by atoms with Gasteiger partial charge in [-0.3, -0.25) is 4.79 Å². The van der Waals surface area contributed by atoms with E-state index in [9.17, 15) is 22.4 Å². The van der Waals surface area contributed by atoms with Crippen molar-refractivity contribution in [2.24, 2.45) is 0 Å². The van der Waals surface area contributed by atoms with Crippen LogP contribution in [0.2, 0.25) is 5.02 Å². The summed E-state index contributed by atoms with van der Waals surface area (Å²) in [4.78, 5) is 11.0. The summed E-state index contributed by atoms with van der Waals surface area (Å²) in [5, 5.41) is -0.0226. The highest BCUT2D eigenvalue weighted by Crippen LogP contribution is 2.26. The number of hydrogen-bond acceptors (Lipinski definition) is 2. The first-order valence-corrected chi connectivity index (χ1v) is 4.36. The fourth-order valence-electron chi connectivity index (χ4n) is 1.01. The fourth-order valence-corrected chi connectivity index (χ4v) is 1.18. The smallest absolute Gasteiger partial charge is 0.387 e. The lowest BCUT2D eigenvalue weighted by Gasteiger charge is -2.09. The summed E-state index contributed by atoms with van der Waals surface area (Å²) >= 11 is 5.46. The van der Waals surface area contributed by atoms with Gasteiger partial charge in [-0.05, 0) is 18.2 Å². The van der Waals surface area contributed by atoms with E-state index in [0.717, 1.165) is 18.2 Å². The van der Waals surface area contributed by atoms with Crippen molar-refractivity contribution >= 4 is 17.4 Å². The van der Waals surface area contributed by atoms with Crippen LogP contribution in [0.25, 0.3) is 0 Å². The van der Waals surface area contributed by atoms with Gasteiger partial charge < -0.3 is 4.74 Å². The van der Waals surface area contributed by atoms with Crippen molar-refractivity contribution in [2.75, 3.05) is 0 Å². The van der Waals surface area contributed by atoms with E-state index in [1.54, 1.807) is 0 Å². The molecule has 1 aromatic rings. The summed E-state index contributed by atoms with van der Waals surface area (Å²) in [5.74, 6) is -2.23. The molecule has 0 spiro atoms. The van der Waals surface area contributed by atoms with Gasteiger partial charge in [-0.1, -0.05) is 11.6 Å². The molecule has 7 heteroatoms. The van der Waals surface area contributed by atoms with Crippen molar-refractivity contribution < 1.29 is 27.1 Å². The molecule has 0 atom stereocenters. The summed E-state index contributed by atoms with van der Waals surface area (Å²) in [7, 11) is 0. The molecule has 0 amide bonds. The number of Topliss-reactive ketones (excluding diaryl/α,β-unsaturated/α-hetero) is 1. The Balaban J connectivity index is 3.12. The Morgan fingerprint density at radius 3 is 2.38 bits per heavy atom. The number of carbonyl (C=O) groups is 1. The van der Waals surface area contributed by atoms with E-state index < -0.39 is 30.1 Å². The highest BCUT2D eigenvalue weighted by molar-refractivity contribution is 6.31. The van der Waals surface area contributed by atoms with Crippen molar-refractivity contribution in [1.29, 1.82) is 0 Å². The lowest BCUT2D eigenvalue weighted by Crippen LogP contribution is -2.13. The number of benzene rings is 1. The van der Waals surface area contributed by atoms with E-state index in [-0.39, 0.29) is 5.02 Å². The molecule has 0 radical (unpaired) electrons. The molecule has 0 aliphatic carbocycles. The van der Waals surface area contributed by atoms with Crippen LogP contribution in [0.15, 0.2) is 18.2 Å². The molecule has 0 aliphatic rings. The second-order valence-electron chi connectivity index (χ2n) is 2.68. The normalized spacial score (nSPS) is 10.9. The topological polar surface area (TPSA) is 26.3 Å². The van der Waals surface area contributed by atoms with Gasteiger partial charge in [0.05, 0.1) is 5.56 Å². The Morgan fingerprint density at radius 2 is 1.88 bits per heavy atom.